The molecule has 0 saturated heterocycles. The van der Waals surface area contributed by atoms with E-state index in [0.717, 1.165) is 5.88 Å². The summed E-state index contributed by atoms with van der Waals surface area (Å²) in [5, 5.41) is 8.25. The molecule has 0 rings (SSSR count). The lowest BCUT2D eigenvalue weighted by atomic mass is 10.3. The molecule has 8 heavy (non-hydrogen) atoms. The fourth-order valence-electron chi connectivity index (χ4n) is 0. The second-order valence-electron chi connectivity index (χ2n) is 1.66. The van der Waals surface area contributed by atoms with E-state index >= 15 is 0 Å². The van der Waals surface area contributed by atoms with Gasteiger partial charge >= 0.3 is 0 Å². The molecule has 0 aromatic heterocycles. The molecule has 0 spiro atoms. The zero-order chi connectivity index (χ0) is 6.99. The van der Waals surface area contributed by atoms with Crippen molar-refractivity contribution in [3.63, 3.8) is 0 Å². The van der Waals surface area contributed by atoms with Gasteiger partial charge in [0.05, 0.1) is 0 Å². The highest BCUT2D eigenvalue weighted by atomic mass is 35.5. The molecule has 0 amide bonds. The van der Waals surface area contributed by atoms with Crippen LogP contribution in [0.3, 0.4) is 0 Å². The molecule has 50 valence electrons. The maximum Gasteiger partial charge on any atom is 0.172 e. The monoisotopic (exact) mass is 138 g/mol. The van der Waals surface area contributed by atoms with Gasteiger partial charge in [-0.2, -0.15) is 0 Å². The predicted molar refractivity (Wildman–Crippen MR) is 27.2 cm³/mol. The lowest BCUT2D eigenvalue weighted by molar-refractivity contribution is -0.376. The van der Waals surface area contributed by atoms with Crippen molar-refractivity contribution >= 4 is 6.47 Å². The van der Waals surface area contributed by atoms with Crippen molar-refractivity contribution < 1.29 is 21.5 Å². The zero-order valence-electron chi connectivity index (χ0n) is 5.09. The Bertz CT molecular complexity index is 45.7. The van der Waals surface area contributed by atoms with Gasteiger partial charge in [0.15, 0.2) is 5.88 Å². The Morgan fingerprint density at radius 2 is 1.88 bits per heavy atom. The molecular formula is C5H11ClO2. The Labute approximate surface area is 54.5 Å². The normalized spacial score (nSPS) is 7.50. The van der Waals surface area contributed by atoms with Gasteiger partial charge in [0.1, 0.15) is 11.6 Å². The van der Waals surface area contributed by atoms with E-state index in [1.165, 1.54) is 0 Å². The standard InChI is InChI=1S/C4H10Cl.CH2O2/c1-4(2)3-5;2-1-3/h4-5H,3H2,1-2H3;1H,(H,2,3)/q+1;/p-1. The average molecular weight is 139 g/mol. The third-order valence-electron chi connectivity index (χ3n) is 0.333. The minimum atomic E-state index is -0.500. The number of alkyl halides is 1. The molecule has 0 heterocycles. The van der Waals surface area contributed by atoms with E-state index in [1.54, 1.807) is 0 Å². The molecule has 0 unspecified atom stereocenters. The molecule has 0 fully saturated rings. The Balaban J connectivity index is 0. The summed E-state index contributed by atoms with van der Waals surface area (Å²) in [6.45, 7) is 3.74. The lowest BCUT2D eigenvalue weighted by Crippen LogP contribution is -2.01. The van der Waals surface area contributed by atoms with Gasteiger partial charge in [-0.25, -0.2) is 0 Å². The Kier molecular flexibility index (Phi) is 13.2. The molecule has 0 aromatic carbocycles. The molecule has 3 heteroatoms. The molecule has 0 aliphatic heterocycles. The van der Waals surface area contributed by atoms with Crippen LogP contribution in [-0.2, 0) is 4.79 Å². The second-order valence-corrected chi connectivity index (χ2v) is 1.99. The maximum absolute atomic E-state index is 8.25. The largest absolute Gasteiger partial charge is 0.554 e. The van der Waals surface area contributed by atoms with Crippen molar-refractivity contribution in [1.82, 2.24) is 0 Å². The molecule has 0 aliphatic rings. The summed E-state index contributed by atoms with van der Waals surface area (Å²) >= 11 is 4.68. The molecule has 0 aliphatic carbocycles. The van der Waals surface area contributed by atoms with Crippen molar-refractivity contribution in [2.24, 2.45) is 5.92 Å². The third-order valence-corrected chi connectivity index (χ3v) is 1.000. The molecule has 0 saturated carbocycles. The minimum Gasteiger partial charge on any atom is -0.554 e. The van der Waals surface area contributed by atoms with Gasteiger partial charge in [-0.05, 0) is 0 Å². The van der Waals surface area contributed by atoms with Crippen LogP contribution in [0.15, 0.2) is 0 Å². The predicted octanol–water partition coefficient (Wildman–Crippen LogP) is -0.710. The first-order valence-electron chi connectivity index (χ1n) is 2.32. The first kappa shape index (κ1) is 10.7. The van der Waals surface area contributed by atoms with Gasteiger partial charge in [0.2, 0.25) is 0 Å². The van der Waals surface area contributed by atoms with Gasteiger partial charge in [0.25, 0.3) is 0 Å². The molecule has 0 aromatic rings. The van der Waals surface area contributed by atoms with Gasteiger partial charge in [0, 0.05) is 12.4 Å². The molecule has 0 radical (unpaired) electrons. The summed E-state index contributed by atoms with van der Waals surface area (Å²) in [7, 11) is 0. The van der Waals surface area contributed by atoms with Crippen molar-refractivity contribution in [3.8, 4) is 0 Å². The van der Waals surface area contributed by atoms with Gasteiger partial charge in [-0.1, -0.05) is 13.8 Å². The number of rotatable bonds is 1. The summed E-state index contributed by atoms with van der Waals surface area (Å²) in [5.74, 6) is 1.59. The highest BCUT2D eigenvalue weighted by Crippen LogP contribution is 1.84. The topological polar surface area (TPSA) is 40.1 Å². The number of carbonyl (C=O) groups excluding carboxylic acids is 1. The average Bonchev–Trinajstić information content (AvgIpc) is 1.69. The Morgan fingerprint density at radius 1 is 1.75 bits per heavy atom. The molecule has 0 N–H and O–H groups in total. The van der Waals surface area contributed by atoms with E-state index in [2.05, 4.69) is 25.4 Å². The van der Waals surface area contributed by atoms with Crippen LogP contribution in [0.25, 0.3) is 0 Å². The fraction of sp³-hybridized carbons (Fsp3) is 0.800. The van der Waals surface area contributed by atoms with Crippen LogP contribution in [0.2, 0.25) is 0 Å². The number of hydrogen-bond donors (Lipinski definition) is 0. The molecule has 2 nitrogen and oxygen atoms in total. The first-order chi connectivity index (χ1) is 3.68. The van der Waals surface area contributed by atoms with Crippen molar-refractivity contribution in [1.29, 1.82) is 0 Å². The number of hydrogen-bond acceptors (Lipinski definition) is 2. The van der Waals surface area contributed by atoms with Crippen molar-refractivity contribution in [2.75, 3.05) is 5.88 Å². The molecule has 0 bridgehead atoms. The fourth-order valence-corrected chi connectivity index (χ4v) is 0. The van der Waals surface area contributed by atoms with E-state index < -0.39 is 6.47 Å². The van der Waals surface area contributed by atoms with Crippen LogP contribution in [0.4, 0.5) is 0 Å². The number of carboxylic acid groups (broad SMARTS) is 1. The first-order valence-corrected chi connectivity index (χ1v) is 2.90. The molecule has 0 atom stereocenters. The SMILES string of the molecule is CC(C)C[ClH+].O=C[O-]. The number of halogens is 1. The van der Waals surface area contributed by atoms with E-state index in [1.807, 2.05) is 0 Å². The van der Waals surface area contributed by atoms with Crippen molar-refractivity contribution in [2.45, 2.75) is 13.8 Å². The van der Waals surface area contributed by atoms with Gasteiger partial charge in [-0.15, -0.1) is 0 Å². The van der Waals surface area contributed by atoms with Gasteiger partial charge < -0.3 is 9.90 Å². The van der Waals surface area contributed by atoms with E-state index in [-0.39, 0.29) is 0 Å². The van der Waals surface area contributed by atoms with Crippen LogP contribution in [0, 0.1) is 17.5 Å². The Morgan fingerprint density at radius 3 is 1.88 bits per heavy atom. The van der Waals surface area contributed by atoms with Crippen molar-refractivity contribution in [3.05, 3.63) is 0 Å². The lowest BCUT2D eigenvalue weighted by Gasteiger charge is -1.81. The van der Waals surface area contributed by atoms with E-state index in [0.29, 0.717) is 5.92 Å². The highest BCUT2D eigenvalue weighted by molar-refractivity contribution is 5.29. The quantitative estimate of drug-likeness (QED) is 0.355. The van der Waals surface area contributed by atoms with Crippen LogP contribution >= 0.6 is 0 Å². The summed E-state index contributed by atoms with van der Waals surface area (Å²) in [4.78, 5) is 8.25. The maximum atomic E-state index is 8.25. The number of carbonyl (C=O) groups is 1. The highest BCUT2D eigenvalue weighted by Gasteiger charge is 1.90. The second kappa shape index (κ2) is 9.90. The summed E-state index contributed by atoms with van der Waals surface area (Å²) in [6.07, 6.45) is 0. The van der Waals surface area contributed by atoms with Crippen LogP contribution in [0.1, 0.15) is 13.8 Å². The van der Waals surface area contributed by atoms with Crippen LogP contribution < -0.4 is 5.11 Å². The minimum absolute atomic E-state index is 0.500. The van der Waals surface area contributed by atoms with Gasteiger partial charge in [-0.3, -0.25) is 0 Å². The van der Waals surface area contributed by atoms with E-state index in [4.69, 9.17) is 9.90 Å². The molecular weight excluding hydrogens is 128 g/mol. The van der Waals surface area contributed by atoms with Crippen LogP contribution in [0.5, 0.6) is 0 Å². The summed E-state index contributed by atoms with van der Waals surface area (Å²) in [5.41, 5.74) is 0. The third kappa shape index (κ3) is 42.1. The van der Waals surface area contributed by atoms with Crippen LogP contribution in [-0.4, -0.2) is 12.4 Å². The summed E-state index contributed by atoms with van der Waals surface area (Å²) in [6, 6.07) is 0. The summed E-state index contributed by atoms with van der Waals surface area (Å²) < 4.78 is 0. The zero-order valence-corrected chi connectivity index (χ0v) is 5.90. The smallest absolute Gasteiger partial charge is 0.172 e. The van der Waals surface area contributed by atoms with E-state index in [9.17, 15) is 0 Å². The Hall–Kier alpha value is -0.240.